The molecular formula is C15H9N4O2+. The molecule has 0 fully saturated rings. The number of hydrogen-bond acceptors (Lipinski definition) is 3. The van der Waals surface area contributed by atoms with Crippen LogP contribution in [-0.4, -0.2) is 21.2 Å². The molecule has 0 saturated carbocycles. The van der Waals surface area contributed by atoms with Crippen LogP contribution < -0.4 is 10.6 Å². The highest BCUT2D eigenvalue weighted by atomic mass is 16.2. The van der Waals surface area contributed by atoms with E-state index in [-0.39, 0.29) is 11.8 Å². The Labute approximate surface area is 118 Å². The fraction of sp³-hybridized carbons (Fsp3) is 0. The molecule has 4 heterocycles. The maximum Gasteiger partial charge on any atom is 0.276 e. The lowest BCUT2D eigenvalue weighted by molar-refractivity contribution is -0.471. The number of amides is 2. The second kappa shape index (κ2) is 3.36. The smallest absolute Gasteiger partial charge is 0.276 e. The molecule has 2 aromatic heterocycles. The summed E-state index contributed by atoms with van der Waals surface area (Å²) in [5.41, 5.74) is 5.46. The molecule has 0 atom stereocenters. The average Bonchev–Trinajstić information content (AvgIpc) is 3.14. The lowest BCUT2D eigenvalue weighted by Gasteiger charge is -2.05. The number of carbonyl (C=O) groups excluding carboxylic acids is 2. The van der Waals surface area contributed by atoms with E-state index >= 15 is 0 Å². The van der Waals surface area contributed by atoms with Gasteiger partial charge >= 0.3 is 0 Å². The molecule has 0 aliphatic carbocycles. The quantitative estimate of drug-likeness (QED) is 0.367. The van der Waals surface area contributed by atoms with E-state index in [2.05, 4.69) is 10.3 Å². The van der Waals surface area contributed by atoms with Crippen molar-refractivity contribution in [2.75, 3.05) is 0 Å². The predicted octanol–water partition coefficient (Wildman–Crippen LogP) is 0.725. The predicted molar refractivity (Wildman–Crippen MR) is 73.7 cm³/mol. The molecule has 3 aromatic rings. The number of fused-ring (bicyclic) bond motifs is 8. The van der Waals surface area contributed by atoms with Gasteiger partial charge in [0.1, 0.15) is 23.2 Å². The Morgan fingerprint density at radius 2 is 1.95 bits per heavy atom. The van der Waals surface area contributed by atoms with Crippen molar-refractivity contribution in [3.05, 3.63) is 48.0 Å². The van der Waals surface area contributed by atoms with Gasteiger partial charge in [-0.15, -0.1) is 0 Å². The van der Waals surface area contributed by atoms with Gasteiger partial charge in [0.05, 0.1) is 17.3 Å². The number of nitrogens with two attached hydrogens (primary N) is 1. The first-order chi connectivity index (χ1) is 10.3. The minimum absolute atomic E-state index is 0.341. The van der Waals surface area contributed by atoms with E-state index in [9.17, 15) is 9.59 Å². The van der Waals surface area contributed by atoms with Crippen molar-refractivity contribution in [1.29, 1.82) is 0 Å². The molecule has 0 unspecified atom stereocenters. The second-order valence-corrected chi connectivity index (χ2v) is 5.18. The Morgan fingerprint density at radius 1 is 1.10 bits per heavy atom. The van der Waals surface area contributed by atoms with Crippen LogP contribution in [0.4, 0.5) is 11.4 Å². The van der Waals surface area contributed by atoms with E-state index in [0.717, 1.165) is 28.0 Å². The van der Waals surface area contributed by atoms with Crippen LogP contribution in [0.25, 0.3) is 16.6 Å². The first kappa shape index (κ1) is 10.8. The molecule has 0 saturated heterocycles. The molecule has 100 valence electrons. The van der Waals surface area contributed by atoms with Crippen molar-refractivity contribution in [2.45, 2.75) is 0 Å². The third-order valence-corrected chi connectivity index (χ3v) is 4.11. The van der Waals surface area contributed by atoms with E-state index in [1.54, 1.807) is 16.9 Å². The van der Waals surface area contributed by atoms with E-state index in [1.807, 2.05) is 29.6 Å². The molecular weight excluding hydrogens is 268 g/mol. The van der Waals surface area contributed by atoms with Gasteiger partial charge in [0.25, 0.3) is 11.8 Å². The van der Waals surface area contributed by atoms with Crippen molar-refractivity contribution in [3.63, 3.8) is 0 Å². The Morgan fingerprint density at radius 3 is 2.86 bits per heavy atom. The van der Waals surface area contributed by atoms with Crippen molar-refractivity contribution in [2.24, 2.45) is 0 Å². The molecule has 2 aliphatic rings. The summed E-state index contributed by atoms with van der Waals surface area (Å²) < 4.78 is 1.69. The highest BCUT2D eigenvalue weighted by molar-refractivity contribution is 6.25. The summed E-state index contributed by atoms with van der Waals surface area (Å²) in [6.07, 6.45) is 3.29. The molecule has 0 radical (unpaired) electrons. The number of nitrogens with one attached hydrogen (secondary N) is 1. The van der Waals surface area contributed by atoms with Crippen LogP contribution in [0.1, 0.15) is 20.8 Å². The van der Waals surface area contributed by atoms with E-state index in [1.165, 1.54) is 0 Å². The topological polar surface area (TPSA) is 80.1 Å². The van der Waals surface area contributed by atoms with Crippen molar-refractivity contribution in [3.8, 4) is 11.1 Å². The van der Waals surface area contributed by atoms with Crippen molar-refractivity contribution < 1.29 is 14.9 Å². The summed E-state index contributed by atoms with van der Waals surface area (Å²) in [4.78, 5) is 28.5. The lowest BCUT2D eigenvalue weighted by Crippen LogP contribution is -2.69. The average molecular weight is 277 g/mol. The number of nitrogens with zero attached hydrogens (tertiary/aromatic N) is 2. The number of carbonyl (C=O) groups is 2. The SMILES string of the molecule is O=C1NC(=O)c2c1c1c(c3cncn23)[NH2+]c2ccccc2-1. The number of imide groups is 1. The molecule has 1 aromatic carbocycles. The summed E-state index contributed by atoms with van der Waals surface area (Å²) in [7, 11) is 0. The van der Waals surface area contributed by atoms with E-state index in [0.29, 0.717) is 11.3 Å². The second-order valence-electron chi connectivity index (χ2n) is 5.18. The Balaban J connectivity index is 2.04. The standard InChI is InChI=1S/C15H8N4O2/c20-14-11-10-7-3-1-2-4-8(7)17-12(10)9-5-16-6-19(9)13(11)15(21)18-14/h1-6,17H,(H,18,20,21)/p+1. The molecule has 0 spiro atoms. The lowest BCUT2D eigenvalue weighted by atomic mass is 9.99. The number of hydrogen-bond donors (Lipinski definition) is 2. The van der Waals surface area contributed by atoms with Gasteiger partial charge in [-0.25, -0.2) is 4.98 Å². The van der Waals surface area contributed by atoms with Gasteiger partial charge in [-0.05, 0) is 6.07 Å². The summed E-state index contributed by atoms with van der Waals surface area (Å²) >= 11 is 0. The normalized spacial score (nSPS) is 15.0. The highest BCUT2D eigenvalue weighted by Gasteiger charge is 2.40. The van der Waals surface area contributed by atoms with Crippen LogP contribution in [0.2, 0.25) is 0 Å². The number of pyridine rings is 1. The molecule has 2 amide bonds. The fourth-order valence-electron chi connectivity index (χ4n) is 3.27. The van der Waals surface area contributed by atoms with Crippen LogP contribution in [0, 0.1) is 0 Å². The number of rotatable bonds is 0. The van der Waals surface area contributed by atoms with Gasteiger partial charge < -0.3 is 0 Å². The van der Waals surface area contributed by atoms with Crippen LogP contribution in [0.15, 0.2) is 36.8 Å². The summed E-state index contributed by atoms with van der Waals surface area (Å²) in [6, 6.07) is 7.87. The molecule has 5 rings (SSSR count). The van der Waals surface area contributed by atoms with Gasteiger partial charge in [0.15, 0.2) is 5.69 Å². The van der Waals surface area contributed by atoms with Gasteiger partial charge in [-0.2, -0.15) is 0 Å². The zero-order valence-corrected chi connectivity index (χ0v) is 10.8. The van der Waals surface area contributed by atoms with E-state index in [4.69, 9.17) is 0 Å². The number of aromatic nitrogens is 2. The third kappa shape index (κ3) is 1.14. The maximum atomic E-state index is 12.2. The summed E-state index contributed by atoms with van der Waals surface area (Å²) in [5.74, 6) is -0.711. The van der Waals surface area contributed by atoms with Crippen molar-refractivity contribution >= 4 is 28.7 Å². The largest absolute Gasteiger partial charge is 0.288 e. The van der Waals surface area contributed by atoms with Crippen molar-refractivity contribution in [1.82, 2.24) is 14.7 Å². The van der Waals surface area contributed by atoms with Crippen LogP contribution in [-0.2, 0) is 0 Å². The van der Waals surface area contributed by atoms with Gasteiger partial charge in [-0.3, -0.25) is 24.6 Å². The number of quaternary nitrogens is 1. The first-order valence-corrected chi connectivity index (χ1v) is 6.57. The monoisotopic (exact) mass is 277 g/mol. The minimum Gasteiger partial charge on any atom is -0.288 e. The summed E-state index contributed by atoms with van der Waals surface area (Å²) in [6.45, 7) is 0. The van der Waals surface area contributed by atoms with Crippen LogP contribution in [0.5, 0.6) is 0 Å². The molecule has 21 heavy (non-hydrogen) atoms. The number of imidazole rings is 1. The highest BCUT2D eigenvalue weighted by Crippen LogP contribution is 2.42. The molecule has 6 heteroatoms. The van der Waals surface area contributed by atoms with Gasteiger partial charge in [0.2, 0.25) is 0 Å². The molecule has 6 nitrogen and oxygen atoms in total. The minimum atomic E-state index is -0.370. The summed E-state index contributed by atoms with van der Waals surface area (Å²) in [5, 5.41) is 4.42. The number of para-hydroxylation sites is 1. The Hall–Kier alpha value is -2.99. The van der Waals surface area contributed by atoms with Crippen LogP contribution in [0.3, 0.4) is 0 Å². The van der Waals surface area contributed by atoms with E-state index < -0.39 is 0 Å². The Kier molecular flexibility index (Phi) is 1.72. The van der Waals surface area contributed by atoms with Crippen LogP contribution >= 0.6 is 0 Å². The van der Waals surface area contributed by atoms with Gasteiger partial charge in [0, 0.05) is 11.6 Å². The molecule has 0 bridgehead atoms. The van der Waals surface area contributed by atoms with Gasteiger partial charge in [-0.1, -0.05) is 12.1 Å². The Bertz CT molecular complexity index is 987. The maximum absolute atomic E-state index is 12.2. The first-order valence-electron chi connectivity index (χ1n) is 6.57. The molecule has 3 N–H and O–H groups in total. The third-order valence-electron chi connectivity index (χ3n) is 4.11. The zero-order valence-electron chi connectivity index (χ0n) is 10.8. The number of benzene rings is 1. The fourth-order valence-corrected chi connectivity index (χ4v) is 3.27. The molecule has 2 aliphatic heterocycles. The zero-order chi connectivity index (χ0) is 14.1.